The van der Waals surface area contributed by atoms with Crippen LogP contribution in [0.25, 0.3) is 0 Å². The van der Waals surface area contributed by atoms with Crippen LogP contribution >= 0.6 is 0 Å². The fourth-order valence-electron chi connectivity index (χ4n) is 2.37. The molecule has 0 aliphatic carbocycles. The highest BCUT2D eigenvalue weighted by Crippen LogP contribution is 2.23. The van der Waals surface area contributed by atoms with Crippen LogP contribution in [0.15, 0.2) is 47.4 Å². The molecule has 0 saturated carbocycles. The molecule has 28 heavy (non-hydrogen) atoms. The molecule has 0 aliphatic rings. The fraction of sp³-hybridized carbons (Fsp3) is 0.263. The summed E-state index contributed by atoms with van der Waals surface area (Å²) in [7, 11) is -1.01. The van der Waals surface area contributed by atoms with Gasteiger partial charge in [0.1, 0.15) is 5.75 Å². The quantitative estimate of drug-likeness (QED) is 0.681. The van der Waals surface area contributed by atoms with Gasteiger partial charge in [-0.1, -0.05) is 6.07 Å². The molecule has 0 unspecified atom stereocenters. The third kappa shape index (κ3) is 5.01. The summed E-state index contributed by atoms with van der Waals surface area (Å²) in [5, 5.41) is 2.37. The van der Waals surface area contributed by atoms with Crippen LogP contribution in [-0.4, -0.2) is 40.6 Å². The molecule has 0 bridgehead atoms. The van der Waals surface area contributed by atoms with E-state index in [0.29, 0.717) is 17.0 Å². The highest BCUT2D eigenvalue weighted by Gasteiger charge is 2.22. The Morgan fingerprint density at radius 3 is 2.29 bits per heavy atom. The van der Waals surface area contributed by atoms with Gasteiger partial charge in [-0.05, 0) is 55.8 Å². The maximum atomic E-state index is 12.8. The zero-order valence-electron chi connectivity index (χ0n) is 16.0. The van der Waals surface area contributed by atoms with Crippen molar-refractivity contribution in [2.75, 3.05) is 18.9 Å². The number of benzene rings is 2. The Hall–Kier alpha value is -3.07. The van der Waals surface area contributed by atoms with Gasteiger partial charge in [-0.2, -0.15) is 0 Å². The molecule has 0 heterocycles. The van der Waals surface area contributed by atoms with Gasteiger partial charge in [-0.3, -0.25) is 9.52 Å². The molecule has 0 saturated heterocycles. The number of hydrogen-bond acceptors (Lipinski definition) is 6. The van der Waals surface area contributed by atoms with Gasteiger partial charge in [0.25, 0.3) is 15.9 Å². The number of ether oxygens (including phenoxy) is 2. The Morgan fingerprint density at radius 2 is 1.71 bits per heavy atom. The number of rotatable bonds is 7. The molecule has 1 atom stereocenters. The minimum Gasteiger partial charge on any atom is -0.497 e. The average Bonchev–Trinajstić information content (AvgIpc) is 2.67. The predicted octanol–water partition coefficient (Wildman–Crippen LogP) is 2.10. The second kappa shape index (κ2) is 8.75. The molecule has 2 N–H and O–H groups in total. The van der Waals surface area contributed by atoms with E-state index in [4.69, 9.17) is 9.47 Å². The standard InChI is InChI=1S/C19H22N2O6S/c1-12-5-6-14(19(23)27-13(2)18(22)20-3)11-17(12)28(24,25)21-15-7-9-16(26-4)10-8-15/h5-11,13,21H,1-4H3,(H,20,22)/t13-/m0/s1. The van der Waals surface area contributed by atoms with Gasteiger partial charge in [0.2, 0.25) is 0 Å². The van der Waals surface area contributed by atoms with Crippen molar-refractivity contribution < 1.29 is 27.5 Å². The third-order valence-electron chi connectivity index (χ3n) is 3.96. The van der Waals surface area contributed by atoms with Gasteiger partial charge in [0.15, 0.2) is 6.10 Å². The zero-order valence-corrected chi connectivity index (χ0v) is 16.8. The monoisotopic (exact) mass is 406 g/mol. The van der Waals surface area contributed by atoms with Crippen LogP contribution in [0, 0.1) is 6.92 Å². The minimum absolute atomic E-state index is 0.0245. The molecule has 1 amide bonds. The van der Waals surface area contributed by atoms with E-state index in [2.05, 4.69) is 10.0 Å². The molecule has 2 rings (SSSR count). The smallest absolute Gasteiger partial charge is 0.338 e. The number of likely N-dealkylation sites (N-methyl/N-ethyl adjacent to an activating group) is 1. The van der Waals surface area contributed by atoms with Crippen molar-refractivity contribution in [3.63, 3.8) is 0 Å². The van der Waals surface area contributed by atoms with Crippen LogP contribution < -0.4 is 14.8 Å². The third-order valence-corrected chi connectivity index (χ3v) is 5.48. The second-order valence-electron chi connectivity index (χ2n) is 5.98. The number of amides is 1. The summed E-state index contributed by atoms with van der Waals surface area (Å²) >= 11 is 0. The van der Waals surface area contributed by atoms with E-state index in [-0.39, 0.29) is 10.5 Å². The van der Waals surface area contributed by atoms with E-state index in [1.807, 2.05) is 0 Å². The van der Waals surface area contributed by atoms with Crippen LogP contribution in [0.1, 0.15) is 22.8 Å². The molecule has 9 heteroatoms. The molecule has 0 aliphatic heterocycles. The van der Waals surface area contributed by atoms with E-state index >= 15 is 0 Å². The van der Waals surface area contributed by atoms with Crippen LogP contribution in [0.5, 0.6) is 5.75 Å². The molecule has 2 aromatic carbocycles. The first kappa shape index (κ1) is 21.2. The van der Waals surface area contributed by atoms with Crippen LogP contribution in [0.3, 0.4) is 0 Å². The number of aryl methyl sites for hydroxylation is 1. The number of sulfonamides is 1. The van der Waals surface area contributed by atoms with Gasteiger partial charge >= 0.3 is 5.97 Å². The Labute approximate surface area is 163 Å². The highest BCUT2D eigenvalue weighted by atomic mass is 32.2. The van der Waals surface area contributed by atoms with Crippen molar-refractivity contribution in [3.8, 4) is 5.75 Å². The topological polar surface area (TPSA) is 111 Å². The summed E-state index contributed by atoms with van der Waals surface area (Å²) in [6.45, 7) is 3.04. The first-order valence-electron chi connectivity index (χ1n) is 8.38. The van der Waals surface area contributed by atoms with E-state index in [1.165, 1.54) is 39.3 Å². The van der Waals surface area contributed by atoms with Crippen LogP contribution in [-0.2, 0) is 19.6 Å². The number of hydrogen-bond donors (Lipinski definition) is 2. The maximum Gasteiger partial charge on any atom is 0.338 e. The lowest BCUT2D eigenvalue weighted by Gasteiger charge is -2.14. The van der Waals surface area contributed by atoms with Gasteiger partial charge in [-0.15, -0.1) is 0 Å². The van der Waals surface area contributed by atoms with Crippen LogP contribution in [0.4, 0.5) is 5.69 Å². The minimum atomic E-state index is -3.95. The summed E-state index contributed by atoms with van der Waals surface area (Å²) in [5.41, 5.74) is 0.829. The molecule has 0 spiro atoms. The normalized spacial score (nSPS) is 12.0. The second-order valence-corrected chi connectivity index (χ2v) is 7.63. The fourth-order valence-corrected chi connectivity index (χ4v) is 3.70. The summed E-state index contributed by atoms with van der Waals surface area (Å²) in [6, 6.07) is 10.5. The van der Waals surface area contributed by atoms with Gasteiger partial charge < -0.3 is 14.8 Å². The Balaban J connectivity index is 2.27. The predicted molar refractivity (Wildman–Crippen MR) is 104 cm³/mol. The molecule has 0 aromatic heterocycles. The van der Waals surface area contributed by atoms with Crippen LogP contribution in [0.2, 0.25) is 0 Å². The van der Waals surface area contributed by atoms with Crippen molar-refractivity contribution in [1.82, 2.24) is 5.32 Å². The largest absolute Gasteiger partial charge is 0.497 e. The van der Waals surface area contributed by atoms with Gasteiger partial charge in [0.05, 0.1) is 17.6 Å². The van der Waals surface area contributed by atoms with E-state index in [0.717, 1.165) is 0 Å². The Bertz CT molecular complexity index is 970. The number of nitrogens with one attached hydrogen (secondary N) is 2. The Morgan fingerprint density at radius 1 is 1.07 bits per heavy atom. The first-order valence-corrected chi connectivity index (χ1v) is 9.86. The highest BCUT2D eigenvalue weighted by molar-refractivity contribution is 7.92. The van der Waals surface area contributed by atoms with Crippen molar-refractivity contribution in [3.05, 3.63) is 53.6 Å². The summed E-state index contributed by atoms with van der Waals surface area (Å²) < 4.78 is 38.1. The SMILES string of the molecule is CNC(=O)[C@H](C)OC(=O)c1ccc(C)c(S(=O)(=O)Nc2ccc(OC)cc2)c1. The number of anilines is 1. The number of esters is 1. The van der Waals surface area contributed by atoms with E-state index < -0.39 is 28.0 Å². The molecular formula is C19H22N2O6S. The van der Waals surface area contributed by atoms with Gasteiger partial charge in [-0.25, -0.2) is 13.2 Å². The van der Waals surface area contributed by atoms with Crippen molar-refractivity contribution in [2.45, 2.75) is 24.8 Å². The Kier molecular flexibility index (Phi) is 6.63. The first-order chi connectivity index (χ1) is 13.2. The zero-order chi connectivity index (χ0) is 20.9. The molecule has 2 aromatic rings. The molecule has 0 fully saturated rings. The van der Waals surface area contributed by atoms with Gasteiger partial charge in [0, 0.05) is 12.7 Å². The summed E-state index contributed by atoms with van der Waals surface area (Å²) in [5.74, 6) is -0.666. The molecule has 150 valence electrons. The molecule has 0 radical (unpaired) electrons. The summed E-state index contributed by atoms with van der Waals surface area (Å²) in [6.07, 6.45) is -1.00. The molecular weight excluding hydrogens is 384 g/mol. The van der Waals surface area contributed by atoms with E-state index in [1.54, 1.807) is 31.2 Å². The number of carbonyl (C=O) groups excluding carboxylic acids is 2. The average molecular weight is 406 g/mol. The lowest BCUT2D eigenvalue weighted by molar-refractivity contribution is -0.128. The number of carbonyl (C=O) groups is 2. The molecule has 8 nitrogen and oxygen atoms in total. The van der Waals surface area contributed by atoms with Crippen molar-refractivity contribution in [2.24, 2.45) is 0 Å². The lowest BCUT2D eigenvalue weighted by atomic mass is 10.1. The van der Waals surface area contributed by atoms with E-state index in [9.17, 15) is 18.0 Å². The number of methoxy groups -OCH3 is 1. The van der Waals surface area contributed by atoms with Crippen molar-refractivity contribution in [1.29, 1.82) is 0 Å². The maximum absolute atomic E-state index is 12.8. The van der Waals surface area contributed by atoms with Crippen molar-refractivity contribution >= 4 is 27.6 Å². The summed E-state index contributed by atoms with van der Waals surface area (Å²) in [4.78, 5) is 23.7. The lowest BCUT2D eigenvalue weighted by Crippen LogP contribution is -2.33.